The van der Waals surface area contributed by atoms with Crippen molar-refractivity contribution >= 4 is 35.0 Å². The second kappa shape index (κ2) is 10.5. The molecule has 3 aromatic rings. The summed E-state index contributed by atoms with van der Waals surface area (Å²) in [5.74, 6) is 0.563. The van der Waals surface area contributed by atoms with E-state index in [0.29, 0.717) is 23.1 Å². The molecular formula is C25H29N5O2S. The van der Waals surface area contributed by atoms with Gasteiger partial charge in [-0.1, -0.05) is 68.9 Å². The number of carbonyl (C=O) groups excluding carboxylic acids is 2. The normalized spacial score (nSPS) is 11.2. The van der Waals surface area contributed by atoms with Crippen LogP contribution >= 0.6 is 11.8 Å². The van der Waals surface area contributed by atoms with Crippen molar-refractivity contribution in [1.82, 2.24) is 14.8 Å². The van der Waals surface area contributed by atoms with Crippen molar-refractivity contribution in [3.63, 3.8) is 0 Å². The fourth-order valence-electron chi connectivity index (χ4n) is 3.23. The van der Waals surface area contributed by atoms with E-state index >= 15 is 0 Å². The van der Waals surface area contributed by atoms with E-state index in [2.05, 4.69) is 60.3 Å². The summed E-state index contributed by atoms with van der Waals surface area (Å²) in [6.07, 6.45) is 1.79. The molecule has 172 valence electrons. The van der Waals surface area contributed by atoms with Gasteiger partial charge in [-0.2, -0.15) is 0 Å². The molecule has 0 aliphatic carbocycles. The van der Waals surface area contributed by atoms with Gasteiger partial charge in [0.1, 0.15) is 0 Å². The first-order valence-corrected chi connectivity index (χ1v) is 11.6. The lowest BCUT2D eigenvalue weighted by Gasteiger charge is -2.19. The van der Waals surface area contributed by atoms with Gasteiger partial charge in [0.15, 0.2) is 11.0 Å². The SMILES string of the molecule is C=CCn1c(SCC(=O)Nc2cccc(NC(C)=O)c2)nnc1-c1ccc(C(C)(C)C)cc1. The highest BCUT2D eigenvalue weighted by molar-refractivity contribution is 7.99. The summed E-state index contributed by atoms with van der Waals surface area (Å²) in [6.45, 7) is 12.4. The number of anilines is 2. The lowest BCUT2D eigenvalue weighted by Crippen LogP contribution is -2.15. The predicted octanol–water partition coefficient (Wildman–Crippen LogP) is 5.12. The van der Waals surface area contributed by atoms with E-state index in [9.17, 15) is 9.59 Å². The van der Waals surface area contributed by atoms with Gasteiger partial charge in [-0.25, -0.2) is 0 Å². The number of nitrogens with zero attached hydrogens (tertiary/aromatic N) is 3. The Hall–Kier alpha value is -3.39. The van der Waals surface area contributed by atoms with Crippen LogP contribution in [0.5, 0.6) is 0 Å². The average molecular weight is 464 g/mol. The largest absolute Gasteiger partial charge is 0.326 e. The third-order valence-electron chi connectivity index (χ3n) is 4.84. The van der Waals surface area contributed by atoms with Crippen LogP contribution in [0.3, 0.4) is 0 Å². The van der Waals surface area contributed by atoms with Crippen molar-refractivity contribution in [2.75, 3.05) is 16.4 Å². The van der Waals surface area contributed by atoms with Crippen LogP contribution in [0, 0.1) is 0 Å². The second-order valence-electron chi connectivity index (χ2n) is 8.63. The molecule has 2 aromatic carbocycles. The average Bonchev–Trinajstić information content (AvgIpc) is 3.14. The molecule has 0 radical (unpaired) electrons. The third-order valence-corrected chi connectivity index (χ3v) is 5.80. The van der Waals surface area contributed by atoms with E-state index in [1.54, 1.807) is 30.3 Å². The Kier molecular flexibility index (Phi) is 7.71. The molecule has 8 heteroatoms. The Morgan fingerprint density at radius 3 is 2.33 bits per heavy atom. The summed E-state index contributed by atoms with van der Waals surface area (Å²) >= 11 is 1.31. The lowest BCUT2D eigenvalue weighted by atomic mass is 9.87. The molecular weight excluding hydrogens is 434 g/mol. The quantitative estimate of drug-likeness (QED) is 0.358. The van der Waals surface area contributed by atoms with Crippen molar-refractivity contribution < 1.29 is 9.59 Å². The second-order valence-corrected chi connectivity index (χ2v) is 9.57. The van der Waals surface area contributed by atoms with Gasteiger partial charge in [0, 0.05) is 30.4 Å². The molecule has 7 nitrogen and oxygen atoms in total. The number of hydrogen-bond donors (Lipinski definition) is 2. The Labute approximate surface area is 198 Å². The molecule has 1 aromatic heterocycles. The van der Waals surface area contributed by atoms with E-state index in [1.807, 2.05) is 16.7 Å². The Morgan fingerprint density at radius 2 is 1.73 bits per heavy atom. The van der Waals surface area contributed by atoms with Crippen molar-refractivity contribution in [3.8, 4) is 11.4 Å². The maximum absolute atomic E-state index is 12.5. The van der Waals surface area contributed by atoms with Crippen molar-refractivity contribution in [3.05, 3.63) is 66.7 Å². The highest BCUT2D eigenvalue weighted by Crippen LogP contribution is 2.28. The molecule has 0 bridgehead atoms. The van der Waals surface area contributed by atoms with Gasteiger partial charge in [0.2, 0.25) is 11.8 Å². The zero-order valence-corrected chi connectivity index (χ0v) is 20.2. The monoisotopic (exact) mass is 463 g/mol. The molecule has 0 atom stereocenters. The van der Waals surface area contributed by atoms with Gasteiger partial charge < -0.3 is 10.6 Å². The van der Waals surface area contributed by atoms with Crippen LogP contribution in [-0.2, 0) is 21.5 Å². The number of carbonyl (C=O) groups is 2. The number of allylic oxidation sites excluding steroid dienone is 1. The topological polar surface area (TPSA) is 88.9 Å². The number of hydrogen-bond acceptors (Lipinski definition) is 5. The third kappa shape index (κ3) is 6.55. The zero-order chi connectivity index (χ0) is 24.0. The van der Waals surface area contributed by atoms with Crippen LogP contribution in [0.25, 0.3) is 11.4 Å². The molecule has 2 N–H and O–H groups in total. The number of aromatic nitrogens is 3. The highest BCUT2D eigenvalue weighted by Gasteiger charge is 2.17. The van der Waals surface area contributed by atoms with Crippen molar-refractivity contribution in [2.45, 2.75) is 44.8 Å². The zero-order valence-electron chi connectivity index (χ0n) is 19.4. The Morgan fingerprint density at radius 1 is 1.06 bits per heavy atom. The molecule has 2 amide bonds. The Bertz CT molecular complexity index is 1150. The van der Waals surface area contributed by atoms with E-state index in [1.165, 1.54) is 24.2 Å². The molecule has 3 rings (SSSR count). The summed E-state index contributed by atoms with van der Waals surface area (Å²) < 4.78 is 1.95. The van der Waals surface area contributed by atoms with Crippen LogP contribution < -0.4 is 10.6 Å². The van der Waals surface area contributed by atoms with Crippen LogP contribution in [0.4, 0.5) is 11.4 Å². The van der Waals surface area contributed by atoms with Crippen LogP contribution in [0.15, 0.2) is 66.3 Å². The highest BCUT2D eigenvalue weighted by atomic mass is 32.2. The smallest absolute Gasteiger partial charge is 0.234 e. The number of benzene rings is 2. The molecule has 0 fully saturated rings. The molecule has 33 heavy (non-hydrogen) atoms. The van der Waals surface area contributed by atoms with E-state index in [4.69, 9.17) is 0 Å². The molecule has 1 heterocycles. The predicted molar refractivity (Wildman–Crippen MR) is 134 cm³/mol. The summed E-state index contributed by atoms with van der Waals surface area (Å²) in [4.78, 5) is 23.7. The van der Waals surface area contributed by atoms with E-state index in [-0.39, 0.29) is 23.0 Å². The summed E-state index contributed by atoms with van der Waals surface area (Å²) in [5.41, 5.74) is 3.52. The molecule has 0 unspecified atom stereocenters. The maximum Gasteiger partial charge on any atom is 0.234 e. The van der Waals surface area contributed by atoms with Gasteiger partial charge in [-0.3, -0.25) is 14.2 Å². The van der Waals surface area contributed by atoms with Gasteiger partial charge >= 0.3 is 0 Å². The standard InChI is InChI=1S/C25H29N5O2S/c1-6-14-30-23(18-10-12-19(13-11-18)25(3,4)5)28-29-24(30)33-16-22(32)27-21-9-7-8-20(15-21)26-17(2)31/h6-13,15H,1,14,16H2,2-5H3,(H,26,31)(H,27,32). The van der Waals surface area contributed by atoms with Gasteiger partial charge in [0.25, 0.3) is 0 Å². The summed E-state index contributed by atoms with van der Waals surface area (Å²) in [5, 5.41) is 14.9. The van der Waals surface area contributed by atoms with Gasteiger partial charge in [-0.05, 0) is 29.2 Å². The van der Waals surface area contributed by atoms with Crippen LogP contribution in [0.1, 0.15) is 33.3 Å². The van der Waals surface area contributed by atoms with Crippen molar-refractivity contribution in [1.29, 1.82) is 0 Å². The first kappa shape index (κ1) is 24.3. The van der Waals surface area contributed by atoms with Gasteiger partial charge in [-0.15, -0.1) is 16.8 Å². The van der Waals surface area contributed by atoms with E-state index < -0.39 is 0 Å². The minimum absolute atomic E-state index is 0.0728. The summed E-state index contributed by atoms with van der Waals surface area (Å²) in [6, 6.07) is 15.3. The number of nitrogens with one attached hydrogen (secondary N) is 2. The molecule has 0 aliphatic rings. The maximum atomic E-state index is 12.5. The van der Waals surface area contributed by atoms with Crippen LogP contribution in [0.2, 0.25) is 0 Å². The van der Waals surface area contributed by atoms with E-state index in [0.717, 1.165) is 11.4 Å². The summed E-state index contributed by atoms with van der Waals surface area (Å²) in [7, 11) is 0. The minimum atomic E-state index is -0.177. The fraction of sp³-hybridized carbons (Fsp3) is 0.280. The fourth-order valence-corrected chi connectivity index (χ4v) is 3.97. The molecule has 0 saturated carbocycles. The number of amides is 2. The molecule has 0 aliphatic heterocycles. The van der Waals surface area contributed by atoms with Crippen molar-refractivity contribution in [2.24, 2.45) is 0 Å². The first-order chi connectivity index (χ1) is 15.7. The molecule has 0 saturated heterocycles. The molecule has 0 spiro atoms. The lowest BCUT2D eigenvalue weighted by molar-refractivity contribution is -0.114. The number of rotatable bonds is 8. The van der Waals surface area contributed by atoms with Crippen LogP contribution in [-0.4, -0.2) is 32.3 Å². The Balaban J connectivity index is 1.70. The number of thioether (sulfide) groups is 1. The minimum Gasteiger partial charge on any atom is -0.326 e. The van der Waals surface area contributed by atoms with Gasteiger partial charge in [0.05, 0.1) is 5.75 Å². The first-order valence-electron chi connectivity index (χ1n) is 10.6.